The zero-order chi connectivity index (χ0) is 19.5. The summed E-state index contributed by atoms with van der Waals surface area (Å²) in [6, 6.07) is 8.51. The van der Waals surface area contributed by atoms with Crippen molar-refractivity contribution in [3.63, 3.8) is 0 Å². The fourth-order valence-corrected chi connectivity index (χ4v) is 5.33. The minimum Gasteiger partial charge on any atom is -0.496 e. The van der Waals surface area contributed by atoms with E-state index in [0.717, 1.165) is 75.9 Å². The third kappa shape index (κ3) is 4.43. The summed E-state index contributed by atoms with van der Waals surface area (Å²) in [5, 5.41) is 10.8. The third-order valence-electron chi connectivity index (χ3n) is 6.99. The summed E-state index contributed by atoms with van der Waals surface area (Å²) < 4.78 is 5.43. The molecule has 0 unspecified atom stereocenters. The monoisotopic (exact) mass is 385 g/mol. The summed E-state index contributed by atoms with van der Waals surface area (Å²) in [5.41, 5.74) is 1.13. The van der Waals surface area contributed by atoms with E-state index in [4.69, 9.17) is 4.74 Å². The molecule has 5 heteroatoms. The van der Waals surface area contributed by atoms with E-state index in [-0.39, 0.29) is 6.10 Å². The van der Waals surface area contributed by atoms with Crippen molar-refractivity contribution in [3.8, 4) is 5.75 Å². The smallest absolute Gasteiger partial charge is 0.126 e. The number of benzene rings is 1. The van der Waals surface area contributed by atoms with Gasteiger partial charge in [-0.2, -0.15) is 0 Å². The maximum atomic E-state index is 10.8. The van der Waals surface area contributed by atoms with Crippen molar-refractivity contribution in [2.75, 3.05) is 60.0 Å². The van der Waals surface area contributed by atoms with Crippen molar-refractivity contribution in [2.45, 2.75) is 25.0 Å². The second-order valence-electron chi connectivity index (χ2n) is 8.83. The number of fused-ring (bicyclic) bond motifs is 1. The van der Waals surface area contributed by atoms with Gasteiger partial charge in [0.15, 0.2) is 0 Å². The number of aliphatic hydroxyl groups excluding tert-OH is 1. The molecule has 0 amide bonds. The van der Waals surface area contributed by atoms with Gasteiger partial charge in [0.1, 0.15) is 5.75 Å². The van der Waals surface area contributed by atoms with Gasteiger partial charge in [-0.25, -0.2) is 0 Å². The average molecular weight is 386 g/mol. The van der Waals surface area contributed by atoms with Crippen LogP contribution in [0.25, 0.3) is 6.08 Å². The fourth-order valence-electron chi connectivity index (χ4n) is 5.33. The van der Waals surface area contributed by atoms with Crippen LogP contribution in [0.1, 0.15) is 18.4 Å². The van der Waals surface area contributed by atoms with E-state index in [9.17, 15) is 5.11 Å². The Kier molecular flexibility index (Phi) is 6.36. The fraction of sp³-hybridized carbons (Fsp3) is 0.652. The Morgan fingerprint density at radius 3 is 2.54 bits per heavy atom. The van der Waals surface area contributed by atoms with Crippen LogP contribution in [-0.4, -0.2) is 91.9 Å². The van der Waals surface area contributed by atoms with E-state index in [1.807, 2.05) is 18.2 Å². The molecule has 154 valence electrons. The number of hydrogen-bond acceptors (Lipinski definition) is 5. The Balaban J connectivity index is 1.31. The van der Waals surface area contributed by atoms with Crippen molar-refractivity contribution in [1.29, 1.82) is 0 Å². The number of hydrogen-bond donors (Lipinski definition) is 1. The van der Waals surface area contributed by atoms with E-state index in [1.54, 1.807) is 7.11 Å². The quantitative estimate of drug-likeness (QED) is 0.840. The largest absolute Gasteiger partial charge is 0.496 e. The molecule has 2 saturated heterocycles. The van der Waals surface area contributed by atoms with Crippen LogP contribution in [0.5, 0.6) is 5.75 Å². The first-order valence-corrected chi connectivity index (χ1v) is 10.8. The summed E-state index contributed by atoms with van der Waals surface area (Å²) in [4.78, 5) is 7.49. The maximum absolute atomic E-state index is 10.8. The molecular formula is C23H35N3O2. The topological polar surface area (TPSA) is 39.2 Å². The van der Waals surface area contributed by atoms with E-state index in [2.05, 4.69) is 40.0 Å². The predicted octanol–water partition coefficient (Wildman–Crippen LogP) is 2.03. The Labute approximate surface area is 169 Å². The van der Waals surface area contributed by atoms with Crippen LogP contribution in [0.15, 0.2) is 30.3 Å². The molecule has 1 saturated carbocycles. The molecule has 0 radical (unpaired) electrons. The van der Waals surface area contributed by atoms with Crippen molar-refractivity contribution in [1.82, 2.24) is 14.7 Å². The molecule has 1 aliphatic carbocycles. The van der Waals surface area contributed by atoms with E-state index >= 15 is 0 Å². The lowest BCUT2D eigenvalue weighted by molar-refractivity contribution is -0.0249. The highest BCUT2D eigenvalue weighted by Gasteiger charge is 2.43. The van der Waals surface area contributed by atoms with Gasteiger partial charge in [0.25, 0.3) is 0 Å². The van der Waals surface area contributed by atoms with Crippen LogP contribution in [0.2, 0.25) is 0 Å². The molecule has 28 heavy (non-hydrogen) atoms. The lowest BCUT2D eigenvalue weighted by atomic mass is 9.77. The minimum atomic E-state index is -0.159. The van der Waals surface area contributed by atoms with Crippen LogP contribution in [-0.2, 0) is 0 Å². The van der Waals surface area contributed by atoms with Crippen LogP contribution in [0.4, 0.5) is 0 Å². The standard InChI is InChI=1S/C23H35N3O2/c1-24-10-12-26(13-11-24)21-14-19-16-25(17-20(19)15-22(21)27)9-5-7-18-6-3-4-8-23(18)28-2/h3-8,19-22,27H,9-17H2,1-2H3/b7-5+/t19-,20+,21-,22-/m1/s1. The Hall–Kier alpha value is -1.40. The number of piperazine rings is 1. The number of rotatable bonds is 5. The molecule has 4 atom stereocenters. The molecule has 4 rings (SSSR count). The van der Waals surface area contributed by atoms with Gasteiger partial charge >= 0.3 is 0 Å². The molecule has 0 aromatic heterocycles. The highest BCUT2D eigenvalue weighted by atomic mass is 16.5. The molecule has 5 nitrogen and oxygen atoms in total. The Bertz CT molecular complexity index is 672. The number of ether oxygens (including phenoxy) is 1. The molecule has 0 bridgehead atoms. The van der Waals surface area contributed by atoms with Crippen LogP contribution in [0.3, 0.4) is 0 Å². The van der Waals surface area contributed by atoms with E-state index in [0.29, 0.717) is 12.0 Å². The highest BCUT2D eigenvalue weighted by molar-refractivity contribution is 5.57. The van der Waals surface area contributed by atoms with E-state index in [1.165, 1.54) is 0 Å². The van der Waals surface area contributed by atoms with Gasteiger partial charge < -0.3 is 14.7 Å². The number of para-hydroxylation sites is 1. The number of likely N-dealkylation sites (tertiary alicyclic amines) is 1. The Morgan fingerprint density at radius 1 is 1.07 bits per heavy atom. The van der Waals surface area contributed by atoms with Gasteiger partial charge in [-0.15, -0.1) is 0 Å². The normalized spacial score (nSPS) is 32.7. The number of methoxy groups -OCH3 is 1. The first-order valence-electron chi connectivity index (χ1n) is 10.8. The third-order valence-corrected chi connectivity index (χ3v) is 6.99. The zero-order valence-corrected chi connectivity index (χ0v) is 17.3. The van der Waals surface area contributed by atoms with E-state index < -0.39 is 0 Å². The first-order chi connectivity index (χ1) is 13.6. The molecule has 2 heterocycles. The molecule has 1 aromatic carbocycles. The van der Waals surface area contributed by atoms with Crippen molar-refractivity contribution in [3.05, 3.63) is 35.9 Å². The van der Waals surface area contributed by atoms with Crippen molar-refractivity contribution in [2.24, 2.45) is 11.8 Å². The van der Waals surface area contributed by atoms with Gasteiger partial charge in [0, 0.05) is 57.4 Å². The summed E-state index contributed by atoms with van der Waals surface area (Å²) in [6.07, 6.45) is 6.39. The average Bonchev–Trinajstić information content (AvgIpc) is 3.10. The van der Waals surface area contributed by atoms with Crippen LogP contribution < -0.4 is 4.74 Å². The van der Waals surface area contributed by atoms with Gasteiger partial charge in [-0.3, -0.25) is 9.80 Å². The summed E-state index contributed by atoms with van der Waals surface area (Å²) in [6.45, 7) is 7.70. The van der Waals surface area contributed by atoms with Crippen LogP contribution >= 0.6 is 0 Å². The van der Waals surface area contributed by atoms with Gasteiger partial charge in [0.2, 0.25) is 0 Å². The lowest BCUT2D eigenvalue weighted by Gasteiger charge is -2.44. The van der Waals surface area contributed by atoms with Crippen LogP contribution in [0, 0.1) is 11.8 Å². The summed E-state index contributed by atoms with van der Waals surface area (Å²) in [7, 11) is 3.91. The number of nitrogens with zero attached hydrogens (tertiary/aromatic N) is 3. The summed E-state index contributed by atoms with van der Waals surface area (Å²) >= 11 is 0. The van der Waals surface area contributed by atoms with Crippen molar-refractivity contribution < 1.29 is 9.84 Å². The van der Waals surface area contributed by atoms with Gasteiger partial charge in [0.05, 0.1) is 13.2 Å². The predicted molar refractivity (Wildman–Crippen MR) is 114 cm³/mol. The molecule has 3 aliphatic rings. The molecular weight excluding hydrogens is 350 g/mol. The highest BCUT2D eigenvalue weighted by Crippen LogP contribution is 2.38. The minimum absolute atomic E-state index is 0.159. The van der Waals surface area contributed by atoms with Gasteiger partial charge in [-0.1, -0.05) is 30.4 Å². The molecule has 1 N–H and O–H groups in total. The first kappa shape index (κ1) is 19.9. The molecule has 3 fully saturated rings. The van der Waals surface area contributed by atoms with Gasteiger partial charge in [-0.05, 0) is 37.8 Å². The second kappa shape index (κ2) is 8.95. The van der Waals surface area contributed by atoms with Crippen molar-refractivity contribution >= 4 is 6.08 Å². The number of aliphatic hydroxyl groups is 1. The SMILES string of the molecule is COc1ccccc1/C=C/CN1C[C@H]2C[C@@H](N3CCN(C)CC3)[C@H](O)C[C@H]2C1. The Morgan fingerprint density at radius 2 is 1.79 bits per heavy atom. The molecule has 0 spiro atoms. The zero-order valence-electron chi connectivity index (χ0n) is 17.3. The summed E-state index contributed by atoms with van der Waals surface area (Å²) in [5.74, 6) is 2.30. The molecule has 1 aromatic rings. The molecule has 2 aliphatic heterocycles. The lowest BCUT2D eigenvalue weighted by Crippen LogP contribution is -2.55. The second-order valence-corrected chi connectivity index (χ2v) is 8.83. The maximum Gasteiger partial charge on any atom is 0.126 e. The number of likely N-dealkylation sites (N-methyl/N-ethyl adjacent to an activating group) is 1.